The second-order valence-corrected chi connectivity index (χ2v) is 3.77. The SMILES string of the molecule is Nc1ccc(C(=O)OCCOc2ccccc2)cn1. The zero-order valence-electron chi connectivity index (χ0n) is 10.3. The molecule has 0 atom stereocenters. The normalized spacial score (nSPS) is 9.89. The second kappa shape index (κ2) is 6.39. The van der Waals surface area contributed by atoms with E-state index in [9.17, 15) is 4.79 Å². The number of pyridine rings is 1. The first-order chi connectivity index (χ1) is 9.25. The molecule has 1 aromatic carbocycles. The average molecular weight is 258 g/mol. The molecule has 2 rings (SSSR count). The predicted octanol–water partition coefficient (Wildman–Crippen LogP) is 1.90. The largest absolute Gasteiger partial charge is 0.490 e. The zero-order valence-corrected chi connectivity index (χ0v) is 10.3. The van der Waals surface area contributed by atoms with Crippen molar-refractivity contribution in [3.05, 3.63) is 54.2 Å². The summed E-state index contributed by atoms with van der Waals surface area (Å²) in [7, 11) is 0. The van der Waals surface area contributed by atoms with Crippen molar-refractivity contribution in [2.24, 2.45) is 0 Å². The van der Waals surface area contributed by atoms with Gasteiger partial charge in [-0.25, -0.2) is 9.78 Å². The van der Waals surface area contributed by atoms with Crippen LogP contribution in [0.2, 0.25) is 0 Å². The summed E-state index contributed by atoms with van der Waals surface area (Å²) in [4.78, 5) is 15.4. The number of anilines is 1. The first-order valence-corrected chi connectivity index (χ1v) is 5.82. The molecule has 0 unspecified atom stereocenters. The highest BCUT2D eigenvalue weighted by atomic mass is 16.6. The number of para-hydroxylation sites is 1. The Hall–Kier alpha value is -2.56. The van der Waals surface area contributed by atoms with E-state index < -0.39 is 5.97 Å². The van der Waals surface area contributed by atoms with Crippen molar-refractivity contribution < 1.29 is 14.3 Å². The van der Waals surface area contributed by atoms with Crippen LogP contribution in [0.15, 0.2) is 48.7 Å². The van der Waals surface area contributed by atoms with Gasteiger partial charge in [-0.05, 0) is 24.3 Å². The van der Waals surface area contributed by atoms with E-state index in [1.807, 2.05) is 30.3 Å². The molecule has 0 amide bonds. The Morgan fingerprint density at radius 1 is 1.11 bits per heavy atom. The highest BCUT2D eigenvalue weighted by Crippen LogP contribution is 2.08. The number of nitrogens with zero attached hydrogens (tertiary/aromatic N) is 1. The number of esters is 1. The third kappa shape index (κ3) is 3.99. The molecule has 1 aromatic heterocycles. The van der Waals surface area contributed by atoms with E-state index in [-0.39, 0.29) is 6.61 Å². The van der Waals surface area contributed by atoms with Crippen LogP contribution in [0.3, 0.4) is 0 Å². The van der Waals surface area contributed by atoms with Crippen LogP contribution in [0.25, 0.3) is 0 Å². The number of carbonyl (C=O) groups excluding carboxylic acids is 1. The molecule has 98 valence electrons. The van der Waals surface area contributed by atoms with Gasteiger partial charge in [-0.15, -0.1) is 0 Å². The van der Waals surface area contributed by atoms with Crippen molar-refractivity contribution >= 4 is 11.8 Å². The van der Waals surface area contributed by atoms with Crippen LogP contribution in [0.4, 0.5) is 5.82 Å². The molecular formula is C14H14N2O3. The monoisotopic (exact) mass is 258 g/mol. The Morgan fingerprint density at radius 2 is 1.89 bits per heavy atom. The lowest BCUT2D eigenvalue weighted by atomic mass is 10.3. The number of ether oxygens (including phenoxy) is 2. The summed E-state index contributed by atoms with van der Waals surface area (Å²) in [5.74, 6) is 0.667. The fourth-order valence-corrected chi connectivity index (χ4v) is 1.42. The third-order valence-corrected chi connectivity index (χ3v) is 2.35. The number of nitrogen functional groups attached to an aromatic ring is 1. The molecule has 0 radical (unpaired) electrons. The lowest BCUT2D eigenvalue weighted by Crippen LogP contribution is -2.12. The number of benzene rings is 1. The van der Waals surface area contributed by atoms with Crippen molar-refractivity contribution in [2.45, 2.75) is 0 Å². The Labute approximate surface area is 111 Å². The number of nitrogens with two attached hydrogens (primary N) is 1. The van der Waals surface area contributed by atoms with Crippen LogP contribution in [-0.2, 0) is 4.74 Å². The highest BCUT2D eigenvalue weighted by molar-refractivity contribution is 5.89. The van der Waals surface area contributed by atoms with Gasteiger partial charge in [0.25, 0.3) is 0 Å². The standard InChI is InChI=1S/C14H14N2O3/c15-13-7-6-11(10-16-13)14(17)19-9-8-18-12-4-2-1-3-5-12/h1-7,10H,8-9H2,(H2,15,16). The number of aromatic nitrogens is 1. The number of hydrogen-bond acceptors (Lipinski definition) is 5. The van der Waals surface area contributed by atoms with Gasteiger partial charge in [0.2, 0.25) is 0 Å². The van der Waals surface area contributed by atoms with Crippen molar-refractivity contribution in [1.29, 1.82) is 0 Å². The maximum atomic E-state index is 11.6. The van der Waals surface area contributed by atoms with E-state index in [2.05, 4.69) is 4.98 Å². The summed E-state index contributed by atoms with van der Waals surface area (Å²) in [6.45, 7) is 0.482. The molecule has 0 bridgehead atoms. The van der Waals surface area contributed by atoms with Crippen molar-refractivity contribution in [3.63, 3.8) is 0 Å². The quantitative estimate of drug-likeness (QED) is 0.655. The minimum absolute atomic E-state index is 0.179. The van der Waals surface area contributed by atoms with Gasteiger partial charge >= 0.3 is 5.97 Å². The Kier molecular flexibility index (Phi) is 4.34. The Morgan fingerprint density at radius 3 is 2.58 bits per heavy atom. The maximum Gasteiger partial charge on any atom is 0.339 e. The lowest BCUT2D eigenvalue weighted by Gasteiger charge is -2.07. The molecule has 0 saturated heterocycles. The molecule has 0 aliphatic heterocycles. The summed E-state index contributed by atoms with van der Waals surface area (Å²) < 4.78 is 10.4. The van der Waals surface area contributed by atoms with E-state index in [4.69, 9.17) is 15.2 Å². The van der Waals surface area contributed by atoms with Crippen molar-refractivity contribution in [1.82, 2.24) is 4.98 Å². The number of rotatable bonds is 5. The molecule has 0 aliphatic carbocycles. The third-order valence-electron chi connectivity index (χ3n) is 2.35. The molecule has 19 heavy (non-hydrogen) atoms. The first-order valence-electron chi connectivity index (χ1n) is 5.82. The molecule has 0 aliphatic rings. The predicted molar refractivity (Wildman–Crippen MR) is 70.9 cm³/mol. The smallest absolute Gasteiger partial charge is 0.339 e. The molecule has 0 saturated carbocycles. The summed E-state index contributed by atoms with van der Waals surface area (Å²) in [6, 6.07) is 12.5. The lowest BCUT2D eigenvalue weighted by molar-refractivity contribution is 0.0450. The van der Waals surface area contributed by atoms with Crippen molar-refractivity contribution in [2.75, 3.05) is 18.9 Å². The first kappa shape index (κ1) is 12.9. The summed E-state index contributed by atoms with van der Waals surface area (Å²) in [6.07, 6.45) is 1.38. The van der Waals surface area contributed by atoms with Gasteiger partial charge in [0, 0.05) is 6.20 Å². The molecule has 1 heterocycles. The summed E-state index contributed by atoms with van der Waals surface area (Å²) in [5, 5.41) is 0. The minimum atomic E-state index is -0.441. The zero-order chi connectivity index (χ0) is 13.5. The van der Waals surface area contributed by atoms with E-state index >= 15 is 0 Å². The Bertz CT molecular complexity index is 526. The van der Waals surface area contributed by atoms with Crippen LogP contribution in [0.1, 0.15) is 10.4 Å². The fourth-order valence-electron chi connectivity index (χ4n) is 1.42. The van der Waals surface area contributed by atoms with Crippen molar-refractivity contribution in [3.8, 4) is 5.75 Å². The van der Waals surface area contributed by atoms with Gasteiger partial charge in [-0.2, -0.15) is 0 Å². The van der Waals surface area contributed by atoms with Crippen LogP contribution < -0.4 is 10.5 Å². The maximum absolute atomic E-state index is 11.6. The molecule has 2 N–H and O–H groups in total. The van der Waals surface area contributed by atoms with E-state index in [0.29, 0.717) is 18.0 Å². The van der Waals surface area contributed by atoms with E-state index in [1.165, 1.54) is 6.20 Å². The topological polar surface area (TPSA) is 74.4 Å². The fraction of sp³-hybridized carbons (Fsp3) is 0.143. The van der Waals surface area contributed by atoms with Crippen LogP contribution in [0, 0.1) is 0 Å². The van der Waals surface area contributed by atoms with Gasteiger partial charge in [-0.1, -0.05) is 18.2 Å². The number of carbonyl (C=O) groups is 1. The molecule has 2 aromatic rings. The van der Waals surface area contributed by atoms with Crippen LogP contribution in [-0.4, -0.2) is 24.2 Å². The molecule has 0 fully saturated rings. The van der Waals surface area contributed by atoms with Gasteiger partial charge in [-0.3, -0.25) is 0 Å². The van der Waals surface area contributed by atoms with Crippen LogP contribution in [0.5, 0.6) is 5.75 Å². The van der Waals surface area contributed by atoms with Crippen LogP contribution >= 0.6 is 0 Å². The molecule has 5 nitrogen and oxygen atoms in total. The molecule has 5 heteroatoms. The minimum Gasteiger partial charge on any atom is -0.490 e. The second-order valence-electron chi connectivity index (χ2n) is 3.77. The average Bonchev–Trinajstić information content (AvgIpc) is 2.45. The van der Waals surface area contributed by atoms with E-state index in [1.54, 1.807) is 12.1 Å². The van der Waals surface area contributed by atoms with Gasteiger partial charge < -0.3 is 15.2 Å². The molecule has 0 spiro atoms. The van der Waals surface area contributed by atoms with Gasteiger partial charge in [0.1, 0.15) is 24.8 Å². The van der Waals surface area contributed by atoms with Gasteiger partial charge in [0.15, 0.2) is 0 Å². The Balaban J connectivity index is 1.74. The van der Waals surface area contributed by atoms with E-state index in [0.717, 1.165) is 5.75 Å². The van der Waals surface area contributed by atoms with Gasteiger partial charge in [0.05, 0.1) is 5.56 Å². The summed E-state index contributed by atoms with van der Waals surface area (Å²) >= 11 is 0. The number of hydrogen-bond donors (Lipinski definition) is 1. The summed E-state index contributed by atoms with van der Waals surface area (Å²) in [5.41, 5.74) is 5.80. The molecular weight excluding hydrogens is 244 g/mol. The highest BCUT2D eigenvalue weighted by Gasteiger charge is 2.06.